The van der Waals surface area contributed by atoms with Crippen LogP contribution in [-0.2, 0) is 9.78 Å². The van der Waals surface area contributed by atoms with Crippen molar-refractivity contribution in [3.05, 3.63) is 35.9 Å². The maximum Gasteiger partial charge on any atom is 0.373 e. The Kier molecular flexibility index (Phi) is 7.24. The number of carbonyl (C=O) groups excluding carboxylic acids is 1. The van der Waals surface area contributed by atoms with Crippen LogP contribution in [0.25, 0.3) is 0 Å². The summed E-state index contributed by atoms with van der Waals surface area (Å²) in [5.41, 5.74) is 0.00140. The SMILES string of the molecule is CC(C)(C)OOC(=O)c1ccccc1.CC(C)O. The minimum Gasteiger partial charge on any atom is -0.394 e. The fourth-order valence-electron chi connectivity index (χ4n) is 0.785. The van der Waals surface area contributed by atoms with E-state index in [-0.39, 0.29) is 6.10 Å². The summed E-state index contributed by atoms with van der Waals surface area (Å²) in [7, 11) is 0. The van der Waals surface area contributed by atoms with Gasteiger partial charge in [0.15, 0.2) is 0 Å². The lowest BCUT2D eigenvalue weighted by Gasteiger charge is -2.16. The van der Waals surface area contributed by atoms with E-state index >= 15 is 0 Å². The largest absolute Gasteiger partial charge is 0.394 e. The molecule has 1 N–H and O–H groups in total. The quantitative estimate of drug-likeness (QED) is 0.651. The topological polar surface area (TPSA) is 55.8 Å². The Morgan fingerprint density at radius 3 is 2.00 bits per heavy atom. The second-order valence-corrected chi connectivity index (χ2v) is 5.03. The zero-order chi connectivity index (χ0) is 14.2. The van der Waals surface area contributed by atoms with Gasteiger partial charge < -0.3 is 5.11 Å². The fraction of sp³-hybridized carbons (Fsp3) is 0.500. The average molecular weight is 254 g/mol. The van der Waals surface area contributed by atoms with Crippen LogP contribution in [0.5, 0.6) is 0 Å². The molecule has 0 heterocycles. The van der Waals surface area contributed by atoms with Crippen molar-refractivity contribution in [3.8, 4) is 0 Å². The number of rotatable bonds is 2. The van der Waals surface area contributed by atoms with Gasteiger partial charge in [-0.1, -0.05) is 18.2 Å². The van der Waals surface area contributed by atoms with Crippen LogP contribution in [0.2, 0.25) is 0 Å². The fourth-order valence-corrected chi connectivity index (χ4v) is 0.785. The third-order valence-electron chi connectivity index (χ3n) is 1.38. The maximum absolute atomic E-state index is 11.3. The highest BCUT2D eigenvalue weighted by Gasteiger charge is 2.15. The molecule has 0 aliphatic rings. The lowest BCUT2D eigenvalue weighted by Crippen LogP contribution is -2.21. The molecule has 0 fully saturated rings. The van der Waals surface area contributed by atoms with Crippen LogP contribution in [-0.4, -0.2) is 22.8 Å². The zero-order valence-electron chi connectivity index (χ0n) is 11.6. The first-order chi connectivity index (χ1) is 8.22. The summed E-state index contributed by atoms with van der Waals surface area (Å²) in [4.78, 5) is 20.9. The van der Waals surface area contributed by atoms with Gasteiger partial charge in [-0.15, -0.1) is 0 Å². The van der Waals surface area contributed by atoms with Crippen molar-refractivity contribution in [2.75, 3.05) is 0 Å². The van der Waals surface area contributed by atoms with E-state index < -0.39 is 11.6 Å². The molecule has 0 atom stereocenters. The van der Waals surface area contributed by atoms with Crippen molar-refractivity contribution in [3.63, 3.8) is 0 Å². The van der Waals surface area contributed by atoms with Crippen LogP contribution in [0, 0.1) is 0 Å². The summed E-state index contributed by atoms with van der Waals surface area (Å²) in [6.45, 7) is 8.88. The molecule has 4 nitrogen and oxygen atoms in total. The summed E-state index contributed by atoms with van der Waals surface area (Å²) in [6.07, 6.45) is -0.167. The number of benzene rings is 1. The molecule has 0 unspecified atom stereocenters. The molecule has 0 aliphatic heterocycles. The van der Waals surface area contributed by atoms with Gasteiger partial charge in [-0.25, -0.2) is 4.79 Å². The van der Waals surface area contributed by atoms with Crippen LogP contribution in [0.15, 0.2) is 30.3 Å². The van der Waals surface area contributed by atoms with Crippen molar-refractivity contribution >= 4 is 5.97 Å². The van der Waals surface area contributed by atoms with E-state index in [1.807, 2.05) is 26.8 Å². The summed E-state index contributed by atoms with van der Waals surface area (Å²) in [6, 6.07) is 8.73. The predicted molar refractivity (Wildman–Crippen MR) is 70.1 cm³/mol. The van der Waals surface area contributed by atoms with E-state index in [1.165, 1.54) is 0 Å². The molecule has 0 aromatic heterocycles. The monoisotopic (exact) mass is 254 g/mol. The highest BCUT2D eigenvalue weighted by molar-refractivity contribution is 5.88. The van der Waals surface area contributed by atoms with Crippen LogP contribution in [0.4, 0.5) is 0 Å². The molecule has 1 rings (SSSR count). The first-order valence-corrected chi connectivity index (χ1v) is 5.85. The number of hydrogen-bond acceptors (Lipinski definition) is 4. The van der Waals surface area contributed by atoms with Crippen LogP contribution in [0.1, 0.15) is 45.0 Å². The third-order valence-corrected chi connectivity index (χ3v) is 1.38. The Hall–Kier alpha value is -1.39. The maximum atomic E-state index is 11.3. The molecule has 4 heteroatoms. The lowest BCUT2D eigenvalue weighted by atomic mass is 10.2. The number of carbonyl (C=O) groups is 1. The molecule has 0 saturated carbocycles. The Bertz CT molecular complexity index is 336. The second-order valence-electron chi connectivity index (χ2n) is 5.03. The number of aliphatic hydroxyl groups is 1. The minimum absolute atomic E-state index is 0.167. The van der Waals surface area contributed by atoms with Gasteiger partial charge in [-0.3, -0.25) is 4.89 Å². The molecular weight excluding hydrogens is 232 g/mol. The molecule has 18 heavy (non-hydrogen) atoms. The first kappa shape index (κ1) is 16.6. The van der Waals surface area contributed by atoms with Gasteiger partial charge in [0.2, 0.25) is 0 Å². The molecule has 1 aromatic carbocycles. The van der Waals surface area contributed by atoms with Gasteiger partial charge in [-0.2, -0.15) is 4.89 Å². The molecular formula is C14H22O4. The van der Waals surface area contributed by atoms with Gasteiger partial charge in [0.1, 0.15) is 5.60 Å². The van der Waals surface area contributed by atoms with E-state index in [4.69, 9.17) is 9.99 Å². The molecule has 0 radical (unpaired) electrons. The molecule has 0 bridgehead atoms. The van der Waals surface area contributed by atoms with Gasteiger partial charge in [0.05, 0.1) is 5.56 Å². The van der Waals surface area contributed by atoms with Gasteiger partial charge >= 0.3 is 5.97 Å². The van der Waals surface area contributed by atoms with Crippen molar-refractivity contribution in [1.82, 2.24) is 0 Å². The molecule has 0 saturated heterocycles. The van der Waals surface area contributed by atoms with Crippen LogP contribution < -0.4 is 0 Å². The van der Waals surface area contributed by atoms with E-state index in [1.54, 1.807) is 38.1 Å². The highest BCUT2D eigenvalue weighted by Crippen LogP contribution is 2.09. The molecule has 102 valence electrons. The van der Waals surface area contributed by atoms with E-state index in [0.29, 0.717) is 5.56 Å². The normalized spacial score (nSPS) is 10.6. The van der Waals surface area contributed by atoms with Crippen LogP contribution in [0.3, 0.4) is 0 Å². The standard InChI is InChI=1S/C11H14O3.C3H8O/c1-11(2,3)14-13-10(12)9-7-5-4-6-8-9;1-3(2)4/h4-8H,1-3H3;3-4H,1-2H3. The first-order valence-electron chi connectivity index (χ1n) is 5.85. The molecule has 0 aliphatic carbocycles. The summed E-state index contributed by atoms with van der Waals surface area (Å²) in [5, 5.41) is 8.06. The van der Waals surface area contributed by atoms with Crippen molar-refractivity contribution in [2.45, 2.75) is 46.3 Å². The van der Waals surface area contributed by atoms with Gasteiger partial charge in [-0.05, 0) is 46.8 Å². The number of hydrogen-bond donors (Lipinski definition) is 1. The van der Waals surface area contributed by atoms with Crippen LogP contribution >= 0.6 is 0 Å². The minimum atomic E-state index is -0.482. The Labute approximate surface area is 108 Å². The van der Waals surface area contributed by atoms with Crippen molar-refractivity contribution < 1.29 is 19.7 Å². The average Bonchev–Trinajstić information content (AvgIpc) is 2.25. The van der Waals surface area contributed by atoms with Gasteiger partial charge in [0, 0.05) is 6.10 Å². The lowest BCUT2D eigenvalue weighted by molar-refractivity contribution is -0.301. The van der Waals surface area contributed by atoms with Gasteiger partial charge in [0.25, 0.3) is 0 Å². The Morgan fingerprint density at radius 2 is 1.61 bits per heavy atom. The summed E-state index contributed by atoms with van der Waals surface area (Å²) in [5.74, 6) is -0.472. The van der Waals surface area contributed by atoms with E-state index in [2.05, 4.69) is 4.89 Å². The Balaban J connectivity index is 0.000000631. The summed E-state index contributed by atoms with van der Waals surface area (Å²) < 4.78 is 0. The van der Waals surface area contributed by atoms with Crippen molar-refractivity contribution in [2.24, 2.45) is 0 Å². The Morgan fingerprint density at radius 1 is 1.17 bits per heavy atom. The highest BCUT2D eigenvalue weighted by atomic mass is 17.2. The second kappa shape index (κ2) is 7.84. The molecule has 1 aromatic rings. The molecule has 0 spiro atoms. The number of aliphatic hydroxyl groups excluding tert-OH is 1. The van der Waals surface area contributed by atoms with E-state index in [0.717, 1.165) is 0 Å². The predicted octanol–water partition coefficient (Wildman–Crippen LogP) is 2.96. The van der Waals surface area contributed by atoms with E-state index in [9.17, 15) is 4.79 Å². The summed E-state index contributed by atoms with van der Waals surface area (Å²) >= 11 is 0. The smallest absolute Gasteiger partial charge is 0.373 e. The third kappa shape index (κ3) is 9.81. The zero-order valence-corrected chi connectivity index (χ0v) is 11.6. The molecule has 0 amide bonds. The van der Waals surface area contributed by atoms with Crippen molar-refractivity contribution in [1.29, 1.82) is 0 Å².